The largest absolute Gasteiger partial charge is 0.459 e. The van der Waals surface area contributed by atoms with Gasteiger partial charge in [0, 0.05) is 51.9 Å². The van der Waals surface area contributed by atoms with E-state index in [0.717, 1.165) is 25.7 Å². The number of nitro groups is 1. The lowest BCUT2D eigenvalue weighted by Crippen LogP contribution is -2.54. The van der Waals surface area contributed by atoms with Gasteiger partial charge in [0.05, 0.1) is 22.9 Å². The van der Waals surface area contributed by atoms with E-state index in [2.05, 4.69) is 11.8 Å². The highest BCUT2D eigenvalue weighted by Gasteiger charge is 2.33. The molecule has 2 fully saturated rings. The molecule has 0 N–H and O–H groups in total. The minimum atomic E-state index is -0.579. The summed E-state index contributed by atoms with van der Waals surface area (Å²) >= 11 is 0. The number of furan rings is 1. The van der Waals surface area contributed by atoms with Crippen LogP contribution in [-0.2, 0) is 0 Å². The van der Waals surface area contributed by atoms with E-state index in [4.69, 9.17) is 4.42 Å². The van der Waals surface area contributed by atoms with E-state index in [1.54, 1.807) is 23.1 Å². The van der Waals surface area contributed by atoms with Gasteiger partial charge in [0.15, 0.2) is 11.6 Å². The van der Waals surface area contributed by atoms with Crippen LogP contribution in [0.3, 0.4) is 0 Å². The lowest BCUT2D eigenvalue weighted by molar-refractivity contribution is -0.384. The van der Waals surface area contributed by atoms with E-state index in [1.807, 2.05) is 16.7 Å². The van der Waals surface area contributed by atoms with Crippen molar-refractivity contribution in [2.45, 2.75) is 19.9 Å². The molecule has 2 saturated heterocycles. The van der Waals surface area contributed by atoms with Gasteiger partial charge in [-0.3, -0.25) is 14.9 Å². The van der Waals surface area contributed by atoms with Crippen molar-refractivity contribution >= 4 is 23.0 Å². The highest BCUT2D eigenvalue weighted by Crippen LogP contribution is 2.36. The number of carbonyl (C=O) groups is 1. The molecule has 32 heavy (non-hydrogen) atoms. The molecule has 3 heterocycles. The number of rotatable bonds is 5. The molecule has 9 nitrogen and oxygen atoms in total. The van der Waals surface area contributed by atoms with Gasteiger partial charge in [0.1, 0.15) is 5.69 Å². The predicted molar refractivity (Wildman–Crippen MR) is 119 cm³/mol. The van der Waals surface area contributed by atoms with Crippen LogP contribution >= 0.6 is 0 Å². The number of benzene rings is 1. The van der Waals surface area contributed by atoms with Crippen LogP contribution in [0.4, 0.5) is 21.5 Å². The Balaban J connectivity index is 1.57. The van der Waals surface area contributed by atoms with Gasteiger partial charge >= 0.3 is 0 Å². The highest BCUT2D eigenvalue weighted by molar-refractivity contribution is 5.92. The number of nitrogens with zero attached hydrogens (tertiary/aromatic N) is 5. The molecule has 0 unspecified atom stereocenters. The first-order valence-electron chi connectivity index (χ1n) is 10.9. The van der Waals surface area contributed by atoms with Crippen molar-refractivity contribution in [2.75, 3.05) is 62.2 Å². The van der Waals surface area contributed by atoms with Gasteiger partial charge in [-0.15, -0.1) is 0 Å². The molecule has 1 aromatic heterocycles. The number of nitro benzene ring substituents is 1. The Hall–Kier alpha value is -3.14. The van der Waals surface area contributed by atoms with Gasteiger partial charge in [-0.2, -0.15) is 0 Å². The molecular formula is C22H28FN5O4. The maximum absolute atomic E-state index is 14.9. The van der Waals surface area contributed by atoms with Gasteiger partial charge in [0.2, 0.25) is 0 Å². The number of likely N-dealkylation sites (N-methyl/N-ethyl adjacent to an activating group) is 1. The zero-order chi connectivity index (χ0) is 22.8. The zero-order valence-corrected chi connectivity index (χ0v) is 18.4. The van der Waals surface area contributed by atoms with E-state index in [9.17, 15) is 19.3 Å². The van der Waals surface area contributed by atoms with Crippen LogP contribution in [0.1, 0.15) is 24.4 Å². The minimum Gasteiger partial charge on any atom is -0.459 e. The van der Waals surface area contributed by atoms with Crippen LogP contribution in [0, 0.1) is 15.9 Å². The monoisotopic (exact) mass is 445 g/mol. The molecule has 2 aromatic rings. The van der Waals surface area contributed by atoms with Crippen LogP contribution in [0.2, 0.25) is 0 Å². The second-order valence-electron chi connectivity index (χ2n) is 8.24. The van der Waals surface area contributed by atoms with Gasteiger partial charge in [-0.25, -0.2) is 4.39 Å². The van der Waals surface area contributed by atoms with E-state index in [1.165, 1.54) is 6.26 Å². The van der Waals surface area contributed by atoms with Crippen molar-refractivity contribution in [3.8, 4) is 0 Å². The summed E-state index contributed by atoms with van der Waals surface area (Å²) in [6.45, 7) is 9.13. The maximum atomic E-state index is 14.9. The van der Waals surface area contributed by atoms with E-state index < -0.39 is 10.7 Å². The number of hydrogen-bond donors (Lipinski definition) is 0. The normalized spacial score (nSPS) is 20.0. The number of halogens is 1. The van der Waals surface area contributed by atoms with Gasteiger partial charge < -0.3 is 24.0 Å². The molecule has 2 aliphatic rings. The summed E-state index contributed by atoms with van der Waals surface area (Å²) in [5, 5.41) is 11.7. The standard InChI is InChI=1S/C22H28FN5O4/c1-3-24-6-8-25(9-7-24)18-14-19(20(28(30)31)13-17(18)23)26-10-11-27(16(2)15-26)22(29)21-5-4-12-32-21/h4-5,12-14,16H,3,6-11,15H2,1-2H3/t16-/m0/s1. The number of carbonyl (C=O) groups excluding carboxylic acids is 1. The van der Waals surface area contributed by atoms with E-state index in [0.29, 0.717) is 44.1 Å². The lowest BCUT2D eigenvalue weighted by Gasteiger charge is -2.41. The third-order valence-corrected chi connectivity index (χ3v) is 6.36. The number of piperazine rings is 2. The van der Waals surface area contributed by atoms with Crippen LogP contribution in [-0.4, -0.2) is 79.0 Å². The molecule has 4 rings (SSSR count). The molecule has 0 aliphatic carbocycles. The summed E-state index contributed by atoms with van der Waals surface area (Å²) < 4.78 is 20.1. The Morgan fingerprint density at radius 1 is 1.16 bits per heavy atom. The molecule has 0 radical (unpaired) electrons. The molecule has 10 heteroatoms. The highest BCUT2D eigenvalue weighted by atomic mass is 19.1. The Kier molecular flexibility index (Phi) is 6.31. The van der Waals surface area contributed by atoms with Crippen molar-refractivity contribution in [3.63, 3.8) is 0 Å². The quantitative estimate of drug-likeness (QED) is 0.517. The SMILES string of the molecule is CCN1CCN(c2cc(N3CCN(C(=O)c4ccco4)[C@@H](C)C3)c([N+](=O)[O-])cc2F)CC1. The van der Waals surface area contributed by atoms with Gasteiger partial charge in [0.25, 0.3) is 11.6 Å². The Bertz CT molecular complexity index is 975. The average molecular weight is 445 g/mol. The summed E-state index contributed by atoms with van der Waals surface area (Å²) in [4.78, 5) is 31.7. The third-order valence-electron chi connectivity index (χ3n) is 6.36. The second kappa shape index (κ2) is 9.15. The van der Waals surface area contributed by atoms with Gasteiger partial charge in [-0.05, 0) is 31.7 Å². The van der Waals surface area contributed by atoms with Crippen molar-refractivity contribution < 1.29 is 18.5 Å². The molecule has 0 saturated carbocycles. The molecule has 1 atom stereocenters. The summed E-state index contributed by atoms with van der Waals surface area (Å²) in [7, 11) is 0. The summed E-state index contributed by atoms with van der Waals surface area (Å²) in [5.74, 6) is -0.512. The van der Waals surface area contributed by atoms with E-state index >= 15 is 0 Å². The number of hydrogen-bond acceptors (Lipinski definition) is 7. The summed E-state index contributed by atoms with van der Waals surface area (Å²) in [6.07, 6.45) is 1.46. The fourth-order valence-electron chi connectivity index (χ4n) is 4.51. The molecule has 0 spiro atoms. The third kappa shape index (κ3) is 4.27. The molecule has 1 aromatic carbocycles. The van der Waals surface area contributed by atoms with Crippen molar-refractivity contribution in [1.29, 1.82) is 0 Å². The first-order chi connectivity index (χ1) is 15.4. The van der Waals surface area contributed by atoms with Crippen LogP contribution < -0.4 is 9.80 Å². The molecule has 0 bridgehead atoms. The van der Waals surface area contributed by atoms with Gasteiger partial charge in [-0.1, -0.05) is 6.92 Å². The Morgan fingerprint density at radius 2 is 1.88 bits per heavy atom. The fraction of sp³-hybridized carbons (Fsp3) is 0.500. The van der Waals surface area contributed by atoms with Crippen LogP contribution in [0.5, 0.6) is 0 Å². The first-order valence-corrected chi connectivity index (χ1v) is 10.9. The van der Waals surface area contributed by atoms with Crippen molar-refractivity contribution in [3.05, 3.63) is 52.2 Å². The number of amides is 1. The maximum Gasteiger partial charge on any atom is 0.295 e. The number of anilines is 2. The average Bonchev–Trinajstić information content (AvgIpc) is 3.33. The second-order valence-corrected chi connectivity index (χ2v) is 8.24. The Labute approximate surface area is 186 Å². The predicted octanol–water partition coefficient (Wildman–Crippen LogP) is 2.82. The first kappa shape index (κ1) is 22.1. The van der Waals surface area contributed by atoms with Crippen molar-refractivity contribution in [1.82, 2.24) is 9.80 Å². The minimum absolute atomic E-state index is 0.192. The smallest absolute Gasteiger partial charge is 0.295 e. The van der Waals surface area contributed by atoms with Crippen LogP contribution in [0.15, 0.2) is 34.9 Å². The fourth-order valence-corrected chi connectivity index (χ4v) is 4.51. The van der Waals surface area contributed by atoms with Crippen molar-refractivity contribution in [2.24, 2.45) is 0 Å². The zero-order valence-electron chi connectivity index (χ0n) is 18.4. The molecule has 1 amide bonds. The Morgan fingerprint density at radius 3 is 2.47 bits per heavy atom. The topological polar surface area (TPSA) is 86.3 Å². The molecule has 172 valence electrons. The molecule has 2 aliphatic heterocycles. The summed E-state index contributed by atoms with van der Waals surface area (Å²) in [5.41, 5.74) is 0.529. The van der Waals surface area contributed by atoms with E-state index in [-0.39, 0.29) is 23.4 Å². The molecular weight excluding hydrogens is 417 g/mol. The van der Waals surface area contributed by atoms with Crippen LogP contribution in [0.25, 0.3) is 0 Å². The lowest BCUT2D eigenvalue weighted by atomic mass is 10.1. The summed E-state index contributed by atoms with van der Waals surface area (Å²) in [6, 6.07) is 5.73.